The molecule has 158 valence electrons. The highest BCUT2D eigenvalue weighted by atomic mass is 19.3. The lowest BCUT2D eigenvalue weighted by molar-refractivity contribution is -0.134. The van der Waals surface area contributed by atoms with Gasteiger partial charge in [-0.2, -0.15) is 0 Å². The molecule has 5 heteroatoms. The minimum Gasteiger partial charge on any atom is -0.427 e. The van der Waals surface area contributed by atoms with Gasteiger partial charge < -0.3 is 4.74 Å². The van der Waals surface area contributed by atoms with E-state index in [1.807, 2.05) is 12.1 Å². The lowest BCUT2D eigenvalue weighted by atomic mass is 9.55. The number of fused-ring (bicyclic) bond motifs is 5. The lowest BCUT2D eigenvalue weighted by Gasteiger charge is -2.48. The number of hydrogen-bond acceptors (Lipinski definition) is 3. The number of carbonyl (C=O) groups excluding carboxylic acids is 2. The Hall–Kier alpha value is -1.78. The van der Waals surface area contributed by atoms with Gasteiger partial charge in [0.1, 0.15) is 11.5 Å². The highest BCUT2D eigenvalue weighted by Crippen LogP contribution is 2.59. The van der Waals surface area contributed by atoms with E-state index >= 15 is 0 Å². The molecule has 0 aliphatic heterocycles. The van der Waals surface area contributed by atoms with Crippen LogP contribution < -0.4 is 4.74 Å². The van der Waals surface area contributed by atoms with E-state index in [1.165, 1.54) is 11.1 Å². The van der Waals surface area contributed by atoms with E-state index in [2.05, 4.69) is 13.0 Å². The van der Waals surface area contributed by atoms with Crippen LogP contribution in [0.25, 0.3) is 0 Å². The minimum atomic E-state index is -2.31. The van der Waals surface area contributed by atoms with E-state index in [4.69, 9.17) is 4.74 Å². The molecule has 4 atom stereocenters. The molecule has 0 spiro atoms. The summed E-state index contributed by atoms with van der Waals surface area (Å²) in [6, 6.07) is 5.95. The second kappa shape index (κ2) is 8.16. The molecule has 1 aromatic carbocycles. The maximum atomic E-state index is 12.4. The number of esters is 1. The highest BCUT2D eigenvalue weighted by molar-refractivity contribution is 5.87. The van der Waals surface area contributed by atoms with Gasteiger partial charge in [0.25, 0.3) is 0 Å². The van der Waals surface area contributed by atoms with Gasteiger partial charge in [0.15, 0.2) is 0 Å². The summed E-state index contributed by atoms with van der Waals surface area (Å²) in [4.78, 5) is 24.4. The third-order valence-corrected chi connectivity index (χ3v) is 7.69. The number of rotatable bonds is 6. The van der Waals surface area contributed by atoms with Gasteiger partial charge in [-0.3, -0.25) is 9.59 Å². The molecule has 2 fully saturated rings. The van der Waals surface area contributed by atoms with Gasteiger partial charge in [-0.1, -0.05) is 13.0 Å². The first-order valence-electron chi connectivity index (χ1n) is 11.0. The first kappa shape index (κ1) is 20.5. The van der Waals surface area contributed by atoms with Crippen molar-refractivity contribution in [3.05, 3.63) is 29.3 Å². The van der Waals surface area contributed by atoms with Crippen LogP contribution in [0.3, 0.4) is 0 Å². The maximum Gasteiger partial charge on any atom is 0.311 e. The standard InChI is InChI=1S/C24H30F2O3/c1-24-13-12-18-17-9-7-16(29-23(28)5-3-2-4-22(25)26)14-15(17)6-8-19(18)20(24)10-11-21(24)27/h7,9,14,18-20,22H,2-6,8,10-13H2,1H3/t18-,19-,20+,24+/m1/s1. The van der Waals surface area contributed by atoms with Crippen LogP contribution in [-0.4, -0.2) is 18.2 Å². The van der Waals surface area contributed by atoms with E-state index < -0.39 is 6.43 Å². The van der Waals surface area contributed by atoms with E-state index in [-0.39, 0.29) is 24.2 Å². The van der Waals surface area contributed by atoms with Gasteiger partial charge >= 0.3 is 5.97 Å². The second-order valence-corrected chi connectivity index (χ2v) is 9.31. The van der Waals surface area contributed by atoms with Crippen molar-refractivity contribution < 1.29 is 23.1 Å². The summed E-state index contributed by atoms with van der Waals surface area (Å²) in [5, 5.41) is 0. The summed E-state index contributed by atoms with van der Waals surface area (Å²) >= 11 is 0. The predicted molar refractivity (Wildman–Crippen MR) is 106 cm³/mol. The number of Topliss-reactive ketones (excluding diaryl/α,β-unsaturated/α-hetero) is 1. The molecule has 3 aliphatic rings. The van der Waals surface area contributed by atoms with Crippen molar-refractivity contribution in [3.8, 4) is 5.75 Å². The van der Waals surface area contributed by atoms with Crippen molar-refractivity contribution in [1.29, 1.82) is 0 Å². The molecular formula is C24H30F2O3. The summed E-state index contributed by atoms with van der Waals surface area (Å²) in [7, 11) is 0. The number of alkyl halides is 2. The summed E-state index contributed by atoms with van der Waals surface area (Å²) in [6.45, 7) is 2.18. The zero-order valence-corrected chi connectivity index (χ0v) is 17.1. The number of ketones is 1. The van der Waals surface area contributed by atoms with Crippen molar-refractivity contribution in [2.45, 2.75) is 83.5 Å². The highest BCUT2D eigenvalue weighted by Gasteiger charge is 2.54. The summed E-state index contributed by atoms with van der Waals surface area (Å²) in [6.07, 6.45) is 4.31. The maximum absolute atomic E-state index is 12.4. The molecule has 0 heterocycles. The van der Waals surface area contributed by atoms with Crippen LogP contribution in [0.2, 0.25) is 0 Å². The van der Waals surface area contributed by atoms with Gasteiger partial charge in [0, 0.05) is 24.7 Å². The van der Waals surface area contributed by atoms with Crippen molar-refractivity contribution in [3.63, 3.8) is 0 Å². The zero-order valence-electron chi connectivity index (χ0n) is 17.1. The second-order valence-electron chi connectivity index (χ2n) is 9.31. The first-order chi connectivity index (χ1) is 13.9. The Kier molecular flexibility index (Phi) is 5.76. The van der Waals surface area contributed by atoms with Crippen molar-refractivity contribution >= 4 is 11.8 Å². The molecule has 0 aromatic heterocycles. The van der Waals surface area contributed by atoms with Crippen LogP contribution in [0.15, 0.2) is 18.2 Å². The zero-order chi connectivity index (χ0) is 20.6. The topological polar surface area (TPSA) is 43.4 Å². The van der Waals surface area contributed by atoms with Gasteiger partial charge in [-0.05, 0) is 86.0 Å². The molecule has 0 amide bonds. The summed E-state index contributed by atoms with van der Waals surface area (Å²) in [5.74, 6) is 2.25. The number of hydrogen-bond donors (Lipinski definition) is 0. The quantitative estimate of drug-likeness (QED) is 0.340. The SMILES string of the molecule is C[C@]12CC[C@@H]3c4ccc(OC(=O)CCCCC(F)F)cc4CC[C@H]3[C@@H]1CCC2=O. The summed E-state index contributed by atoms with van der Waals surface area (Å²) < 4.78 is 29.8. The van der Waals surface area contributed by atoms with Crippen LogP contribution in [0.1, 0.15) is 81.8 Å². The van der Waals surface area contributed by atoms with Gasteiger partial charge in [-0.15, -0.1) is 0 Å². The number of unbranched alkanes of at least 4 members (excludes halogenated alkanes) is 1. The van der Waals surface area contributed by atoms with Crippen LogP contribution in [0.5, 0.6) is 5.75 Å². The number of carbonyl (C=O) groups is 2. The molecule has 3 nitrogen and oxygen atoms in total. The van der Waals surface area contributed by atoms with Crippen LogP contribution in [0.4, 0.5) is 8.78 Å². The minimum absolute atomic E-state index is 0.113. The molecule has 0 radical (unpaired) electrons. The Bertz CT molecular complexity index is 790. The Morgan fingerprint density at radius 2 is 2.03 bits per heavy atom. The average Bonchev–Trinajstić information content (AvgIpc) is 2.99. The van der Waals surface area contributed by atoms with Crippen molar-refractivity contribution in [1.82, 2.24) is 0 Å². The number of benzene rings is 1. The fourth-order valence-electron chi connectivity index (χ4n) is 6.14. The van der Waals surface area contributed by atoms with Crippen molar-refractivity contribution in [2.24, 2.45) is 17.3 Å². The number of halogens is 2. The van der Waals surface area contributed by atoms with E-state index in [0.717, 1.165) is 38.5 Å². The Morgan fingerprint density at radius 3 is 2.83 bits per heavy atom. The number of aryl methyl sites for hydroxylation is 1. The molecule has 2 saturated carbocycles. The van der Waals surface area contributed by atoms with Crippen LogP contribution in [-0.2, 0) is 16.0 Å². The van der Waals surface area contributed by atoms with E-state index in [1.54, 1.807) is 0 Å². The lowest BCUT2D eigenvalue weighted by Crippen LogP contribution is -2.42. The summed E-state index contributed by atoms with van der Waals surface area (Å²) in [5.41, 5.74) is 2.50. The fraction of sp³-hybridized carbons (Fsp3) is 0.667. The third kappa shape index (κ3) is 3.97. The van der Waals surface area contributed by atoms with Crippen molar-refractivity contribution in [2.75, 3.05) is 0 Å². The Morgan fingerprint density at radius 1 is 1.21 bits per heavy atom. The van der Waals surface area contributed by atoms with Gasteiger partial charge in [0.05, 0.1) is 0 Å². The monoisotopic (exact) mass is 404 g/mol. The van der Waals surface area contributed by atoms with Crippen LogP contribution in [0, 0.1) is 17.3 Å². The Labute approximate surface area is 171 Å². The molecular weight excluding hydrogens is 374 g/mol. The fourth-order valence-corrected chi connectivity index (χ4v) is 6.14. The van der Waals surface area contributed by atoms with E-state index in [9.17, 15) is 18.4 Å². The van der Waals surface area contributed by atoms with Gasteiger partial charge in [0.2, 0.25) is 6.43 Å². The molecule has 29 heavy (non-hydrogen) atoms. The molecule has 0 N–H and O–H groups in total. The molecule has 0 unspecified atom stereocenters. The molecule has 1 aromatic rings. The average molecular weight is 404 g/mol. The van der Waals surface area contributed by atoms with Gasteiger partial charge in [-0.25, -0.2) is 8.78 Å². The Balaban J connectivity index is 1.40. The van der Waals surface area contributed by atoms with E-state index in [0.29, 0.717) is 42.1 Å². The molecule has 0 saturated heterocycles. The largest absolute Gasteiger partial charge is 0.427 e. The third-order valence-electron chi connectivity index (χ3n) is 7.69. The normalized spacial score (nSPS) is 30.6. The molecule has 4 rings (SSSR count). The molecule has 3 aliphatic carbocycles. The molecule has 0 bridgehead atoms. The smallest absolute Gasteiger partial charge is 0.311 e. The first-order valence-corrected chi connectivity index (χ1v) is 11.0. The van der Waals surface area contributed by atoms with Crippen LogP contribution >= 0.6 is 0 Å². The predicted octanol–water partition coefficient (Wildman–Crippen LogP) is 5.84. The number of ether oxygens (including phenoxy) is 1.